The molecule has 1 fully saturated rings. The van der Waals surface area contributed by atoms with Crippen molar-refractivity contribution in [2.45, 2.75) is 27.2 Å². The van der Waals surface area contributed by atoms with Gasteiger partial charge in [-0.1, -0.05) is 37.3 Å². The van der Waals surface area contributed by atoms with E-state index in [1.165, 1.54) is 0 Å². The van der Waals surface area contributed by atoms with Crippen molar-refractivity contribution in [2.24, 2.45) is 11.3 Å². The van der Waals surface area contributed by atoms with Crippen LogP contribution >= 0.6 is 0 Å². The highest BCUT2D eigenvalue weighted by Gasteiger charge is 2.49. The van der Waals surface area contributed by atoms with Crippen molar-refractivity contribution in [1.29, 1.82) is 0 Å². The van der Waals surface area contributed by atoms with Crippen LogP contribution in [0.25, 0.3) is 5.69 Å². The number of hydrogen-bond acceptors (Lipinski definition) is 4. The fourth-order valence-corrected chi connectivity index (χ4v) is 3.39. The first kappa shape index (κ1) is 17.1. The molecule has 1 amide bonds. The first-order valence-electron chi connectivity index (χ1n) is 8.37. The summed E-state index contributed by atoms with van der Waals surface area (Å²) in [6, 6.07) is 9.47. The highest BCUT2D eigenvalue weighted by molar-refractivity contribution is 5.94. The highest BCUT2D eigenvalue weighted by atomic mass is 16.4. The van der Waals surface area contributed by atoms with E-state index in [1.54, 1.807) is 16.5 Å². The van der Waals surface area contributed by atoms with Crippen molar-refractivity contribution in [3.63, 3.8) is 0 Å². The number of carbonyl (C=O) groups is 2. The Morgan fingerprint density at radius 3 is 2.48 bits per heavy atom. The number of nitrogens with zero attached hydrogens (tertiary/aromatic N) is 4. The zero-order chi connectivity index (χ0) is 18.2. The molecule has 0 spiro atoms. The molecule has 1 atom stereocenters. The van der Waals surface area contributed by atoms with Gasteiger partial charge in [-0.25, -0.2) is 4.68 Å². The van der Waals surface area contributed by atoms with Crippen LogP contribution < -0.4 is 0 Å². The minimum atomic E-state index is -0.890. The minimum absolute atomic E-state index is 0.0519. The molecule has 3 rings (SSSR count). The molecule has 1 N–H and O–H groups in total. The van der Waals surface area contributed by atoms with Crippen LogP contribution in [0.3, 0.4) is 0 Å². The van der Waals surface area contributed by atoms with Crippen LogP contribution in [0, 0.1) is 18.3 Å². The number of hydrogen-bond donors (Lipinski definition) is 1. The molecule has 1 saturated heterocycles. The maximum absolute atomic E-state index is 12.9. The molecule has 0 aliphatic carbocycles. The van der Waals surface area contributed by atoms with E-state index in [9.17, 15) is 14.7 Å². The van der Waals surface area contributed by atoms with Crippen molar-refractivity contribution in [3.8, 4) is 5.69 Å². The standard InChI is InChI=1S/C18H22N4O3/c1-12(2)18(17(24)25)9-10-21(11-18)16(23)15-13(3)22(20-19-15)14-7-5-4-6-8-14/h4-8,12H,9-11H2,1-3H3,(H,24,25). The van der Waals surface area contributed by atoms with Crippen LogP contribution in [0.4, 0.5) is 0 Å². The maximum atomic E-state index is 12.9. The molecule has 1 aliphatic rings. The van der Waals surface area contributed by atoms with Gasteiger partial charge in [0.1, 0.15) is 0 Å². The zero-order valence-electron chi connectivity index (χ0n) is 14.6. The summed E-state index contributed by atoms with van der Waals surface area (Å²) in [5.41, 5.74) is 0.858. The Hall–Kier alpha value is -2.70. The summed E-state index contributed by atoms with van der Waals surface area (Å²) in [6.07, 6.45) is 0.456. The molecule has 7 nitrogen and oxygen atoms in total. The van der Waals surface area contributed by atoms with Crippen LogP contribution in [0.5, 0.6) is 0 Å². The van der Waals surface area contributed by atoms with Crippen molar-refractivity contribution in [2.75, 3.05) is 13.1 Å². The van der Waals surface area contributed by atoms with Crippen LogP contribution in [-0.2, 0) is 4.79 Å². The van der Waals surface area contributed by atoms with E-state index < -0.39 is 11.4 Å². The first-order valence-corrected chi connectivity index (χ1v) is 8.37. The van der Waals surface area contributed by atoms with Gasteiger partial charge in [-0.05, 0) is 31.4 Å². The summed E-state index contributed by atoms with van der Waals surface area (Å²) in [5.74, 6) is -1.16. The van der Waals surface area contributed by atoms with E-state index in [0.29, 0.717) is 18.7 Å². The van der Waals surface area contributed by atoms with E-state index in [0.717, 1.165) is 5.69 Å². The average molecular weight is 342 g/mol. The van der Waals surface area contributed by atoms with Gasteiger partial charge < -0.3 is 10.0 Å². The topological polar surface area (TPSA) is 88.3 Å². The summed E-state index contributed by atoms with van der Waals surface area (Å²) < 4.78 is 1.62. The van der Waals surface area contributed by atoms with Crippen LogP contribution in [0.1, 0.15) is 36.5 Å². The molecule has 132 valence electrons. The third-order valence-electron chi connectivity index (χ3n) is 5.22. The van der Waals surface area contributed by atoms with Gasteiger partial charge in [0.05, 0.1) is 16.8 Å². The second-order valence-corrected chi connectivity index (χ2v) is 6.86. The van der Waals surface area contributed by atoms with E-state index >= 15 is 0 Å². The Kier molecular flexibility index (Phi) is 4.32. The smallest absolute Gasteiger partial charge is 0.311 e. The molecule has 25 heavy (non-hydrogen) atoms. The van der Waals surface area contributed by atoms with E-state index in [1.807, 2.05) is 44.2 Å². The van der Waals surface area contributed by atoms with Gasteiger partial charge in [0.15, 0.2) is 5.69 Å². The molecular formula is C18H22N4O3. The largest absolute Gasteiger partial charge is 0.481 e. The van der Waals surface area contributed by atoms with Gasteiger partial charge in [-0.3, -0.25) is 9.59 Å². The van der Waals surface area contributed by atoms with Gasteiger partial charge in [0.25, 0.3) is 5.91 Å². The molecule has 1 aromatic heterocycles. The number of amides is 1. The minimum Gasteiger partial charge on any atom is -0.481 e. The molecule has 2 heterocycles. The fraction of sp³-hybridized carbons (Fsp3) is 0.444. The normalized spacial score (nSPS) is 20.2. The molecule has 2 aromatic rings. The third kappa shape index (κ3) is 2.79. The quantitative estimate of drug-likeness (QED) is 0.920. The molecule has 0 radical (unpaired) electrons. The Balaban J connectivity index is 1.86. The van der Waals surface area contributed by atoms with Gasteiger partial charge in [0, 0.05) is 13.1 Å². The molecule has 1 aliphatic heterocycles. The average Bonchev–Trinajstić information content (AvgIpc) is 3.20. The molecule has 1 aromatic carbocycles. The summed E-state index contributed by atoms with van der Waals surface area (Å²) in [7, 11) is 0. The Morgan fingerprint density at radius 1 is 1.24 bits per heavy atom. The lowest BCUT2D eigenvalue weighted by atomic mass is 9.76. The number of aromatic nitrogens is 3. The first-order chi connectivity index (χ1) is 11.9. The summed E-state index contributed by atoms with van der Waals surface area (Å²) in [6.45, 7) is 6.19. The lowest BCUT2D eigenvalue weighted by Crippen LogP contribution is -2.40. The molecule has 1 unspecified atom stereocenters. The van der Waals surface area contributed by atoms with Crippen molar-refractivity contribution < 1.29 is 14.7 Å². The van der Waals surface area contributed by atoms with E-state index in [4.69, 9.17) is 0 Å². The predicted molar refractivity (Wildman–Crippen MR) is 91.5 cm³/mol. The number of aliphatic carboxylic acids is 1. The lowest BCUT2D eigenvalue weighted by Gasteiger charge is -2.28. The number of para-hydroxylation sites is 1. The predicted octanol–water partition coefficient (Wildman–Crippen LogP) is 2.15. The number of rotatable bonds is 4. The van der Waals surface area contributed by atoms with Gasteiger partial charge in [0.2, 0.25) is 0 Å². The lowest BCUT2D eigenvalue weighted by molar-refractivity contribution is -0.150. The van der Waals surface area contributed by atoms with E-state index in [-0.39, 0.29) is 24.1 Å². The van der Waals surface area contributed by atoms with E-state index in [2.05, 4.69) is 10.3 Å². The van der Waals surface area contributed by atoms with Crippen molar-refractivity contribution in [1.82, 2.24) is 19.9 Å². The SMILES string of the molecule is Cc1c(C(=O)N2CCC(C(=O)O)(C(C)C)C2)nnn1-c1ccccc1. The van der Waals surface area contributed by atoms with Crippen molar-refractivity contribution in [3.05, 3.63) is 41.7 Å². The molecule has 0 saturated carbocycles. The van der Waals surface area contributed by atoms with Crippen LogP contribution in [0.15, 0.2) is 30.3 Å². The Labute approximate surface area is 146 Å². The van der Waals surface area contributed by atoms with Gasteiger partial charge in [-0.2, -0.15) is 0 Å². The van der Waals surface area contributed by atoms with Crippen molar-refractivity contribution >= 4 is 11.9 Å². The van der Waals surface area contributed by atoms with Gasteiger partial charge >= 0.3 is 5.97 Å². The summed E-state index contributed by atoms with van der Waals surface area (Å²) in [4.78, 5) is 26.2. The number of carbonyl (C=O) groups excluding carboxylic acids is 1. The second kappa shape index (κ2) is 6.31. The third-order valence-corrected chi connectivity index (χ3v) is 5.22. The fourth-order valence-electron chi connectivity index (χ4n) is 3.39. The van der Waals surface area contributed by atoms with Crippen LogP contribution in [0.2, 0.25) is 0 Å². The monoisotopic (exact) mass is 342 g/mol. The molecule has 0 bridgehead atoms. The molecular weight excluding hydrogens is 320 g/mol. The molecule has 7 heteroatoms. The number of benzene rings is 1. The zero-order valence-corrected chi connectivity index (χ0v) is 14.6. The van der Waals surface area contributed by atoms with Crippen LogP contribution in [-0.4, -0.2) is 50.0 Å². The maximum Gasteiger partial charge on any atom is 0.311 e. The van der Waals surface area contributed by atoms with Gasteiger partial charge in [-0.15, -0.1) is 5.10 Å². The summed E-state index contributed by atoms with van der Waals surface area (Å²) in [5, 5.41) is 17.8. The summed E-state index contributed by atoms with van der Waals surface area (Å²) >= 11 is 0. The highest BCUT2D eigenvalue weighted by Crippen LogP contribution is 2.38. The second-order valence-electron chi connectivity index (χ2n) is 6.86. The number of carboxylic acid groups (broad SMARTS) is 1. The number of likely N-dealkylation sites (tertiary alicyclic amines) is 1. The Bertz CT molecular complexity index is 800. The Morgan fingerprint density at radius 2 is 1.92 bits per heavy atom. The number of carboxylic acids is 1.